The van der Waals surface area contributed by atoms with Crippen LogP contribution in [0.1, 0.15) is 19.3 Å². The fourth-order valence-corrected chi connectivity index (χ4v) is 1.60. The van der Waals surface area contributed by atoms with Gasteiger partial charge in [-0.05, 0) is 19.3 Å². The summed E-state index contributed by atoms with van der Waals surface area (Å²) in [5.74, 6) is 0.740. The van der Waals surface area contributed by atoms with Crippen LogP contribution < -0.4 is 0 Å². The van der Waals surface area contributed by atoms with E-state index >= 15 is 0 Å². The van der Waals surface area contributed by atoms with E-state index in [-0.39, 0.29) is 11.9 Å². The molecule has 1 aliphatic carbocycles. The molecule has 1 fully saturated rings. The number of aliphatic hydroxyl groups is 1. The summed E-state index contributed by atoms with van der Waals surface area (Å²) in [6.07, 6.45) is 3.27. The Hall–Kier alpha value is 1.36. The molecular formula is C8H18OS4. The average molecular weight is 258 g/mol. The monoisotopic (exact) mass is 258 g/mol. The lowest BCUT2D eigenvalue weighted by Crippen LogP contribution is -2.26. The summed E-state index contributed by atoms with van der Waals surface area (Å²) in [6.45, 7) is 0.217. The summed E-state index contributed by atoms with van der Waals surface area (Å²) in [6, 6.07) is 0. The third-order valence-corrected chi connectivity index (χ3v) is 4.52. The molecule has 1 aliphatic rings. The molecule has 1 rings (SSSR count). The molecule has 0 radical (unpaired) electrons. The topological polar surface area (TPSA) is 20.2 Å². The second-order valence-corrected chi connectivity index (χ2v) is 5.48. The number of rotatable bonds is 3. The molecule has 0 aromatic carbocycles. The van der Waals surface area contributed by atoms with Crippen molar-refractivity contribution in [2.24, 2.45) is 0 Å². The van der Waals surface area contributed by atoms with Crippen molar-refractivity contribution < 1.29 is 5.11 Å². The normalized spacial score (nSPS) is 28.4. The van der Waals surface area contributed by atoms with Gasteiger partial charge in [0, 0.05) is 28.1 Å². The van der Waals surface area contributed by atoms with Gasteiger partial charge in [-0.3, -0.25) is 0 Å². The summed E-state index contributed by atoms with van der Waals surface area (Å²) in [5.41, 5.74) is 0. The van der Waals surface area contributed by atoms with E-state index in [1.54, 1.807) is 0 Å². The maximum atomic E-state index is 8.28. The molecule has 3 atom stereocenters. The van der Waals surface area contributed by atoms with Crippen LogP contribution in [0, 0.1) is 0 Å². The Morgan fingerprint density at radius 2 is 1.69 bits per heavy atom. The molecule has 1 nitrogen and oxygen atoms in total. The first-order chi connectivity index (χ1) is 6.11. The zero-order chi connectivity index (χ0) is 10.3. The molecular weight excluding hydrogens is 240 g/mol. The van der Waals surface area contributed by atoms with E-state index in [4.69, 9.17) is 5.11 Å². The zero-order valence-electron chi connectivity index (χ0n) is 7.50. The van der Waals surface area contributed by atoms with Crippen LogP contribution in [-0.4, -0.2) is 33.2 Å². The van der Waals surface area contributed by atoms with E-state index in [0.29, 0.717) is 10.5 Å². The van der Waals surface area contributed by atoms with Crippen LogP contribution in [0.2, 0.25) is 0 Å². The van der Waals surface area contributed by atoms with E-state index in [9.17, 15) is 0 Å². The standard InChI is InChI=1S/C4H10OS2.C4H8S2/c5-2-1-4(7)3-6;5-3-1-2-4(3)6/h4-7H,1-3H2;3-6H,1-2H2. The minimum atomic E-state index is 0.217. The number of hydrogen-bond donors (Lipinski definition) is 5. The maximum Gasteiger partial charge on any atom is 0.0441 e. The summed E-state index contributed by atoms with van der Waals surface area (Å²) in [5, 5.41) is 9.72. The van der Waals surface area contributed by atoms with Gasteiger partial charge in [0.25, 0.3) is 0 Å². The molecule has 5 heteroatoms. The SMILES string of the molecule is OCCC(S)CS.SC1CCC1S. The predicted molar refractivity (Wildman–Crippen MR) is 73.1 cm³/mol. The van der Waals surface area contributed by atoms with Crippen molar-refractivity contribution in [1.82, 2.24) is 0 Å². The highest BCUT2D eigenvalue weighted by molar-refractivity contribution is 7.85. The van der Waals surface area contributed by atoms with Crippen LogP contribution >= 0.6 is 50.5 Å². The van der Waals surface area contributed by atoms with Crippen LogP contribution in [0.3, 0.4) is 0 Å². The number of aliphatic hydroxyl groups excluding tert-OH is 1. The van der Waals surface area contributed by atoms with Gasteiger partial charge in [0.15, 0.2) is 0 Å². The summed E-state index contributed by atoms with van der Waals surface area (Å²) < 4.78 is 0. The second kappa shape index (κ2) is 8.65. The molecule has 80 valence electrons. The zero-order valence-corrected chi connectivity index (χ0v) is 11.1. The van der Waals surface area contributed by atoms with Crippen molar-refractivity contribution in [3.8, 4) is 0 Å². The fourth-order valence-electron chi connectivity index (χ4n) is 0.705. The van der Waals surface area contributed by atoms with Crippen molar-refractivity contribution in [1.29, 1.82) is 0 Å². The van der Waals surface area contributed by atoms with Crippen LogP contribution in [0.5, 0.6) is 0 Å². The summed E-state index contributed by atoms with van der Waals surface area (Å²) >= 11 is 16.4. The van der Waals surface area contributed by atoms with Crippen LogP contribution in [0.15, 0.2) is 0 Å². The Bertz CT molecular complexity index is 115. The van der Waals surface area contributed by atoms with Gasteiger partial charge in [-0.2, -0.15) is 50.5 Å². The molecule has 0 aromatic rings. The maximum absolute atomic E-state index is 8.28. The van der Waals surface area contributed by atoms with Gasteiger partial charge in [0.1, 0.15) is 0 Å². The summed E-state index contributed by atoms with van der Waals surface area (Å²) in [4.78, 5) is 0. The first-order valence-electron chi connectivity index (χ1n) is 4.37. The van der Waals surface area contributed by atoms with Gasteiger partial charge in [-0.15, -0.1) is 0 Å². The molecule has 0 bridgehead atoms. The van der Waals surface area contributed by atoms with E-state index < -0.39 is 0 Å². The minimum absolute atomic E-state index is 0.217. The molecule has 0 spiro atoms. The fraction of sp³-hybridized carbons (Fsp3) is 1.00. The Balaban J connectivity index is 0.000000223. The molecule has 13 heavy (non-hydrogen) atoms. The second-order valence-electron chi connectivity index (χ2n) is 3.06. The first-order valence-corrected chi connectivity index (χ1v) is 6.56. The van der Waals surface area contributed by atoms with Crippen molar-refractivity contribution in [3.05, 3.63) is 0 Å². The Kier molecular flexibility index (Phi) is 9.56. The van der Waals surface area contributed by atoms with Gasteiger partial charge < -0.3 is 5.11 Å². The van der Waals surface area contributed by atoms with E-state index in [1.807, 2.05) is 0 Å². The Labute approximate surface area is 103 Å². The van der Waals surface area contributed by atoms with Crippen LogP contribution in [0.25, 0.3) is 0 Å². The highest BCUT2D eigenvalue weighted by Crippen LogP contribution is 2.29. The average Bonchev–Trinajstić information content (AvgIpc) is 2.16. The smallest absolute Gasteiger partial charge is 0.0441 e. The molecule has 0 aromatic heterocycles. The van der Waals surface area contributed by atoms with Crippen molar-refractivity contribution in [3.63, 3.8) is 0 Å². The Morgan fingerprint density at radius 1 is 1.23 bits per heavy atom. The molecule has 0 amide bonds. The van der Waals surface area contributed by atoms with Crippen molar-refractivity contribution >= 4 is 50.5 Å². The highest BCUT2D eigenvalue weighted by atomic mass is 32.1. The largest absolute Gasteiger partial charge is 0.396 e. The van der Waals surface area contributed by atoms with Gasteiger partial charge in [0.2, 0.25) is 0 Å². The number of thiol groups is 4. The number of hydrogen-bond acceptors (Lipinski definition) is 5. The van der Waals surface area contributed by atoms with Crippen molar-refractivity contribution in [2.45, 2.75) is 35.0 Å². The molecule has 3 unspecified atom stereocenters. The van der Waals surface area contributed by atoms with E-state index in [0.717, 1.165) is 12.2 Å². The van der Waals surface area contributed by atoms with E-state index in [1.165, 1.54) is 12.8 Å². The van der Waals surface area contributed by atoms with Crippen LogP contribution in [-0.2, 0) is 0 Å². The van der Waals surface area contributed by atoms with Gasteiger partial charge in [-0.25, -0.2) is 0 Å². The minimum Gasteiger partial charge on any atom is -0.396 e. The molecule has 0 heterocycles. The molecule has 1 N–H and O–H groups in total. The summed E-state index contributed by atoms with van der Waals surface area (Å²) in [7, 11) is 0. The van der Waals surface area contributed by atoms with Gasteiger partial charge in [-0.1, -0.05) is 0 Å². The molecule has 1 saturated carbocycles. The van der Waals surface area contributed by atoms with Crippen molar-refractivity contribution in [2.75, 3.05) is 12.4 Å². The lowest BCUT2D eigenvalue weighted by molar-refractivity contribution is 0.289. The molecule has 0 saturated heterocycles. The third kappa shape index (κ3) is 7.31. The quantitative estimate of drug-likeness (QED) is 0.490. The highest BCUT2D eigenvalue weighted by Gasteiger charge is 2.23. The Morgan fingerprint density at radius 3 is 1.77 bits per heavy atom. The van der Waals surface area contributed by atoms with E-state index in [2.05, 4.69) is 50.5 Å². The molecule has 0 aliphatic heterocycles. The third-order valence-electron chi connectivity index (χ3n) is 1.88. The predicted octanol–water partition coefficient (Wildman–Crippen LogP) is 1.97. The first kappa shape index (κ1) is 14.4. The lowest BCUT2D eigenvalue weighted by Gasteiger charge is -2.27. The lowest BCUT2D eigenvalue weighted by atomic mass is 9.99. The van der Waals surface area contributed by atoms with Crippen LogP contribution in [0.4, 0.5) is 0 Å². The van der Waals surface area contributed by atoms with Gasteiger partial charge in [0.05, 0.1) is 0 Å². The van der Waals surface area contributed by atoms with Gasteiger partial charge >= 0.3 is 0 Å².